The first-order chi connectivity index (χ1) is 5.72. The molecule has 0 aliphatic rings. The molecule has 1 aromatic carbocycles. The molecule has 0 saturated heterocycles. The van der Waals surface area contributed by atoms with Crippen molar-refractivity contribution in [2.45, 2.75) is 33.6 Å². The van der Waals surface area contributed by atoms with Crippen LogP contribution in [0.4, 0.5) is 0 Å². The molecule has 0 amide bonds. The average Bonchev–Trinajstić information content (AvgIpc) is 2.08. The first kappa shape index (κ1) is 15.7. The molecule has 0 bridgehead atoms. The van der Waals surface area contributed by atoms with Gasteiger partial charge in [0.15, 0.2) is 0 Å². The number of benzene rings is 1. The Morgan fingerprint density at radius 2 is 1.54 bits per heavy atom. The normalized spacial score (nSPS) is 8.38. The predicted molar refractivity (Wildman–Crippen MR) is 56.3 cm³/mol. The zero-order valence-electron chi connectivity index (χ0n) is 9.17. The summed E-state index contributed by atoms with van der Waals surface area (Å²) in [6.07, 6.45) is 0. The van der Waals surface area contributed by atoms with Crippen LogP contribution >= 0.6 is 0 Å². The maximum atomic E-state index is 3.94. The molecule has 0 fully saturated rings. The quantitative estimate of drug-likeness (QED) is 0.662. The van der Waals surface area contributed by atoms with E-state index in [0.717, 1.165) is 5.56 Å². The van der Waals surface area contributed by atoms with Crippen LogP contribution in [0, 0.1) is 6.92 Å². The molecule has 0 spiro atoms. The summed E-state index contributed by atoms with van der Waals surface area (Å²) in [7, 11) is 0. The van der Waals surface area contributed by atoms with Gasteiger partial charge in [-0.15, -0.1) is 17.7 Å². The Bertz CT molecular complexity index is 216. The van der Waals surface area contributed by atoms with Crippen molar-refractivity contribution < 1.29 is 32.7 Å². The monoisotopic (exact) mass is 252 g/mol. The van der Waals surface area contributed by atoms with Crippen LogP contribution in [0.2, 0.25) is 0 Å². The van der Waals surface area contributed by atoms with Crippen molar-refractivity contribution in [2.75, 3.05) is 0 Å². The Morgan fingerprint density at radius 1 is 1.08 bits per heavy atom. The van der Waals surface area contributed by atoms with Crippen molar-refractivity contribution in [3.63, 3.8) is 0 Å². The van der Waals surface area contributed by atoms with E-state index in [-0.39, 0.29) is 32.7 Å². The van der Waals surface area contributed by atoms with Gasteiger partial charge >= 0.3 is 0 Å². The van der Waals surface area contributed by atoms with E-state index in [1.54, 1.807) is 0 Å². The van der Waals surface area contributed by atoms with Crippen LogP contribution < -0.4 is 0 Å². The summed E-state index contributed by atoms with van der Waals surface area (Å²) >= 11 is 0. The zero-order chi connectivity index (χ0) is 9.56. The molecular weight excluding hydrogens is 233 g/mol. The van der Waals surface area contributed by atoms with E-state index >= 15 is 0 Å². The molecule has 0 N–H and O–H groups in total. The van der Waals surface area contributed by atoms with E-state index in [1.165, 1.54) is 5.56 Å². The Morgan fingerprint density at radius 3 is 1.85 bits per heavy atom. The van der Waals surface area contributed by atoms with E-state index < -0.39 is 0 Å². The van der Waals surface area contributed by atoms with Gasteiger partial charge in [-0.25, -0.2) is 0 Å². The molecule has 0 unspecified atom stereocenters. The summed E-state index contributed by atoms with van der Waals surface area (Å²) in [4.78, 5) is 0. The summed E-state index contributed by atoms with van der Waals surface area (Å²) in [6.45, 7) is 12.3. The maximum Gasteiger partial charge on any atom is 0 e. The molecular formula is C12H19Y-. The van der Waals surface area contributed by atoms with Gasteiger partial charge in [-0.1, -0.05) is 39.7 Å². The van der Waals surface area contributed by atoms with Gasteiger partial charge < -0.3 is 0 Å². The minimum Gasteiger partial charge on any atom is -0.198 e. The third-order valence-corrected chi connectivity index (χ3v) is 1.68. The molecule has 0 atom stereocenters. The standard InChI is InChI=1S/C10H13.C2H6.Y/c1-8(2)10-7-5-4-6-9(10)3;1-2;/h4-8H,3H2,1-2H3;1-2H3;/q-1;;. The fraction of sp³-hybridized carbons (Fsp3) is 0.417. The molecule has 13 heavy (non-hydrogen) atoms. The van der Waals surface area contributed by atoms with Gasteiger partial charge in [0.1, 0.15) is 0 Å². The van der Waals surface area contributed by atoms with Crippen LogP contribution in [0.15, 0.2) is 24.3 Å². The summed E-state index contributed by atoms with van der Waals surface area (Å²) < 4.78 is 0. The maximum absolute atomic E-state index is 3.94. The van der Waals surface area contributed by atoms with Gasteiger partial charge in [0.25, 0.3) is 0 Å². The minimum absolute atomic E-state index is 0. The second kappa shape index (κ2) is 8.78. The van der Waals surface area contributed by atoms with Crippen LogP contribution in [0.5, 0.6) is 0 Å². The van der Waals surface area contributed by atoms with Crippen LogP contribution in [-0.4, -0.2) is 0 Å². The Labute approximate surface area is 108 Å². The Kier molecular flexibility index (Phi) is 10.6. The van der Waals surface area contributed by atoms with Gasteiger partial charge in [-0.05, 0) is 0 Å². The molecule has 0 saturated carbocycles. The largest absolute Gasteiger partial charge is 0.198 e. The SMILES string of the molecule is CC.[CH2-]c1ccccc1C(C)C.[Y]. The second-order valence-electron chi connectivity index (χ2n) is 2.85. The smallest absolute Gasteiger partial charge is 0 e. The van der Waals surface area contributed by atoms with E-state index in [4.69, 9.17) is 0 Å². The molecule has 0 heterocycles. The van der Waals surface area contributed by atoms with Crippen LogP contribution in [0.3, 0.4) is 0 Å². The predicted octanol–water partition coefficient (Wildman–Crippen LogP) is 4.02. The van der Waals surface area contributed by atoms with Gasteiger partial charge in [0.2, 0.25) is 0 Å². The second-order valence-corrected chi connectivity index (χ2v) is 2.85. The van der Waals surface area contributed by atoms with E-state index in [1.807, 2.05) is 19.9 Å². The molecule has 1 rings (SSSR count). The molecule has 0 aliphatic carbocycles. The van der Waals surface area contributed by atoms with Crippen LogP contribution in [0.25, 0.3) is 0 Å². The van der Waals surface area contributed by atoms with E-state index in [9.17, 15) is 0 Å². The van der Waals surface area contributed by atoms with Gasteiger partial charge in [-0.3, -0.25) is 0 Å². The van der Waals surface area contributed by atoms with Gasteiger partial charge in [0.05, 0.1) is 0 Å². The molecule has 1 heteroatoms. The van der Waals surface area contributed by atoms with E-state index in [0.29, 0.717) is 5.92 Å². The minimum atomic E-state index is 0. The van der Waals surface area contributed by atoms with Crippen molar-refractivity contribution in [2.24, 2.45) is 0 Å². The molecule has 1 aromatic rings. The van der Waals surface area contributed by atoms with Crippen molar-refractivity contribution in [1.29, 1.82) is 0 Å². The van der Waals surface area contributed by atoms with Crippen LogP contribution in [-0.2, 0) is 32.7 Å². The first-order valence-corrected chi connectivity index (χ1v) is 4.62. The number of rotatable bonds is 1. The fourth-order valence-corrected chi connectivity index (χ4v) is 1.10. The molecule has 71 valence electrons. The van der Waals surface area contributed by atoms with Crippen molar-refractivity contribution >= 4 is 0 Å². The third kappa shape index (κ3) is 5.49. The van der Waals surface area contributed by atoms with Crippen molar-refractivity contribution in [3.8, 4) is 0 Å². The van der Waals surface area contributed by atoms with Crippen molar-refractivity contribution in [3.05, 3.63) is 42.3 Å². The zero-order valence-corrected chi connectivity index (χ0v) is 12.0. The van der Waals surface area contributed by atoms with Gasteiger partial charge in [-0.2, -0.15) is 18.6 Å². The van der Waals surface area contributed by atoms with Gasteiger partial charge in [0, 0.05) is 32.7 Å². The molecule has 0 nitrogen and oxygen atoms in total. The summed E-state index contributed by atoms with van der Waals surface area (Å²) in [5.74, 6) is 0.591. The number of hydrogen-bond acceptors (Lipinski definition) is 0. The number of hydrogen-bond donors (Lipinski definition) is 0. The Hall–Kier alpha value is 0.194. The molecule has 0 aliphatic heterocycles. The summed E-state index contributed by atoms with van der Waals surface area (Å²) in [6, 6.07) is 8.26. The summed E-state index contributed by atoms with van der Waals surface area (Å²) in [5.41, 5.74) is 2.50. The van der Waals surface area contributed by atoms with E-state index in [2.05, 4.69) is 39.0 Å². The Balaban J connectivity index is 0. The topological polar surface area (TPSA) is 0 Å². The third-order valence-electron chi connectivity index (χ3n) is 1.68. The van der Waals surface area contributed by atoms with Crippen LogP contribution in [0.1, 0.15) is 44.7 Å². The van der Waals surface area contributed by atoms with Crippen molar-refractivity contribution in [1.82, 2.24) is 0 Å². The average molecular weight is 252 g/mol. The molecule has 1 radical (unpaired) electrons. The summed E-state index contributed by atoms with van der Waals surface area (Å²) in [5, 5.41) is 0. The fourth-order valence-electron chi connectivity index (χ4n) is 1.10. The molecule has 0 aromatic heterocycles. The first-order valence-electron chi connectivity index (χ1n) is 4.62.